The fourth-order valence-electron chi connectivity index (χ4n) is 6.94. The Labute approximate surface area is 301 Å². The first-order valence-electron chi connectivity index (χ1n) is 16.0. The molecule has 3 aromatic rings. The molecule has 6 rings (SSSR count). The van der Waals surface area contributed by atoms with Crippen molar-refractivity contribution in [1.82, 2.24) is 24.7 Å². The highest BCUT2D eigenvalue weighted by Crippen LogP contribution is 2.38. The van der Waals surface area contributed by atoms with Crippen LogP contribution < -0.4 is 14.2 Å². The summed E-state index contributed by atoms with van der Waals surface area (Å²) < 4.78 is 67.0. The molecule has 3 aliphatic rings. The summed E-state index contributed by atoms with van der Waals surface area (Å²) in [6.45, 7) is 2.39. The summed E-state index contributed by atoms with van der Waals surface area (Å²) in [7, 11) is 2.71. The lowest BCUT2D eigenvalue weighted by molar-refractivity contribution is -0.162. The average molecular weight is 745 g/mol. The molecule has 16 heteroatoms. The van der Waals surface area contributed by atoms with Gasteiger partial charge in [0.25, 0.3) is 5.91 Å². The number of aromatic nitrogens is 2. The molecule has 50 heavy (non-hydrogen) atoms. The molecular weight excluding hydrogens is 702 g/mol. The number of rotatable bonds is 10. The van der Waals surface area contributed by atoms with Gasteiger partial charge in [-0.05, 0) is 11.1 Å². The predicted octanol–water partition coefficient (Wildman–Crippen LogP) is 4.22. The van der Waals surface area contributed by atoms with Crippen LogP contribution in [0, 0.1) is 0 Å². The monoisotopic (exact) mass is 743 g/mol. The second-order valence-electron chi connectivity index (χ2n) is 12.1. The van der Waals surface area contributed by atoms with Crippen molar-refractivity contribution in [1.29, 1.82) is 0 Å². The molecule has 0 N–H and O–H groups in total. The molecule has 4 heterocycles. The largest absolute Gasteiger partial charge is 0.481 e. The summed E-state index contributed by atoms with van der Waals surface area (Å²) in [6, 6.07) is 20.2. The number of amides is 1. The molecule has 1 unspecified atom stereocenters. The molecule has 3 atom stereocenters. The van der Waals surface area contributed by atoms with E-state index in [1.54, 1.807) is 0 Å². The molecule has 11 nitrogen and oxygen atoms in total. The Bertz CT molecular complexity index is 1480. The van der Waals surface area contributed by atoms with E-state index in [-0.39, 0.29) is 85.2 Å². The number of methoxy groups -OCH3 is 2. The van der Waals surface area contributed by atoms with E-state index in [4.69, 9.17) is 23.7 Å². The van der Waals surface area contributed by atoms with Gasteiger partial charge < -0.3 is 28.6 Å². The van der Waals surface area contributed by atoms with Gasteiger partial charge in [0.05, 0.1) is 39.6 Å². The molecule has 274 valence electrons. The molecule has 1 amide bonds. The van der Waals surface area contributed by atoms with Gasteiger partial charge in [-0.25, -0.2) is 0 Å². The summed E-state index contributed by atoms with van der Waals surface area (Å²) in [5.74, 6) is -0.327. The zero-order chi connectivity index (χ0) is 33.7. The third-order valence-electron chi connectivity index (χ3n) is 9.01. The van der Waals surface area contributed by atoms with Crippen molar-refractivity contribution in [2.75, 3.05) is 73.4 Å². The lowest BCUT2D eigenvalue weighted by atomic mass is 9.81. The Kier molecular flexibility index (Phi) is 13.9. The van der Waals surface area contributed by atoms with Crippen LogP contribution in [0.3, 0.4) is 0 Å². The molecule has 0 radical (unpaired) electrons. The van der Waals surface area contributed by atoms with E-state index in [2.05, 4.69) is 44.0 Å². The smallest absolute Gasteiger partial charge is 0.422 e. The van der Waals surface area contributed by atoms with E-state index >= 15 is 0 Å². The maximum absolute atomic E-state index is 13.5. The number of ether oxygens (including phenoxy) is 5. The van der Waals surface area contributed by atoms with Crippen LogP contribution in [-0.4, -0.2) is 128 Å². The van der Waals surface area contributed by atoms with E-state index in [1.165, 1.54) is 14.2 Å². The number of carbonyl (C=O) groups excluding carboxylic acids is 1. The van der Waals surface area contributed by atoms with Crippen molar-refractivity contribution >= 4 is 30.7 Å². The van der Waals surface area contributed by atoms with Gasteiger partial charge in [-0.1, -0.05) is 60.7 Å². The zero-order valence-electron chi connectivity index (χ0n) is 27.8. The molecule has 0 saturated carbocycles. The first-order chi connectivity index (χ1) is 23.2. The highest BCUT2D eigenvalue weighted by atomic mass is 35.5. The fourth-order valence-corrected chi connectivity index (χ4v) is 6.94. The summed E-state index contributed by atoms with van der Waals surface area (Å²) >= 11 is 0. The van der Waals surface area contributed by atoms with Crippen molar-refractivity contribution in [3.8, 4) is 17.8 Å². The van der Waals surface area contributed by atoms with Crippen LogP contribution in [0.5, 0.6) is 17.8 Å². The number of fused-ring (bicyclic) bond motifs is 1. The first-order valence-corrected chi connectivity index (χ1v) is 16.0. The van der Waals surface area contributed by atoms with E-state index < -0.39 is 18.9 Å². The number of halogens is 5. The Balaban J connectivity index is 0.00000281. The molecule has 3 fully saturated rings. The quantitative estimate of drug-likeness (QED) is 0.300. The third kappa shape index (κ3) is 9.28. The predicted molar refractivity (Wildman–Crippen MR) is 183 cm³/mol. The fraction of sp³-hybridized carbons (Fsp3) is 0.500. The highest BCUT2D eigenvalue weighted by molar-refractivity contribution is 5.85. The van der Waals surface area contributed by atoms with Crippen molar-refractivity contribution in [3.63, 3.8) is 0 Å². The van der Waals surface area contributed by atoms with Gasteiger partial charge >= 0.3 is 12.2 Å². The van der Waals surface area contributed by atoms with Crippen molar-refractivity contribution in [3.05, 3.63) is 77.4 Å². The van der Waals surface area contributed by atoms with Gasteiger partial charge in [0, 0.05) is 57.3 Å². The average Bonchev–Trinajstić information content (AvgIpc) is 3.11. The molecule has 0 bridgehead atoms. The number of benzene rings is 2. The molecule has 0 aliphatic carbocycles. The molecule has 2 aromatic carbocycles. The minimum absolute atomic E-state index is 0. The van der Waals surface area contributed by atoms with Crippen molar-refractivity contribution in [2.24, 2.45) is 0 Å². The summed E-state index contributed by atoms with van der Waals surface area (Å²) in [4.78, 5) is 28.4. The summed E-state index contributed by atoms with van der Waals surface area (Å²) in [6.07, 6.45) is -5.22. The molecular formula is C34H42Cl2F3N5O6. The van der Waals surface area contributed by atoms with Gasteiger partial charge in [0.1, 0.15) is 0 Å². The zero-order valence-corrected chi connectivity index (χ0v) is 29.4. The molecule has 3 saturated heterocycles. The van der Waals surface area contributed by atoms with Gasteiger partial charge in [0.15, 0.2) is 12.7 Å². The number of hydrogen-bond donors (Lipinski definition) is 0. The van der Waals surface area contributed by atoms with Crippen LogP contribution in [0.15, 0.2) is 60.7 Å². The lowest BCUT2D eigenvalue weighted by Crippen LogP contribution is -2.68. The number of hydrogen-bond acceptors (Lipinski definition) is 10. The third-order valence-corrected chi connectivity index (χ3v) is 9.01. The molecule has 3 aliphatic heterocycles. The van der Waals surface area contributed by atoms with Gasteiger partial charge in [-0.3, -0.25) is 14.6 Å². The Morgan fingerprint density at radius 3 is 2.14 bits per heavy atom. The van der Waals surface area contributed by atoms with Crippen molar-refractivity contribution in [2.45, 2.75) is 36.8 Å². The minimum atomic E-state index is -4.58. The van der Waals surface area contributed by atoms with E-state index in [0.29, 0.717) is 45.9 Å². The Hall–Kier alpha value is -3.40. The number of nitrogens with zero attached hydrogens (tertiary/aromatic N) is 5. The molecule has 1 aromatic heterocycles. The van der Waals surface area contributed by atoms with Crippen LogP contribution in [0.4, 0.5) is 13.2 Å². The second-order valence-corrected chi connectivity index (χ2v) is 12.1. The number of carbonyl (C=O) groups is 1. The van der Waals surface area contributed by atoms with Gasteiger partial charge in [-0.15, -0.1) is 24.8 Å². The van der Waals surface area contributed by atoms with Crippen molar-refractivity contribution < 1.29 is 41.7 Å². The maximum atomic E-state index is 13.5. The van der Waals surface area contributed by atoms with Crippen LogP contribution in [0.25, 0.3) is 0 Å². The van der Waals surface area contributed by atoms with Crippen LogP contribution >= 0.6 is 24.8 Å². The van der Waals surface area contributed by atoms with Crippen LogP contribution in [0.2, 0.25) is 0 Å². The normalized spacial score (nSPS) is 21.4. The van der Waals surface area contributed by atoms with Crippen LogP contribution in [0.1, 0.15) is 22.6 Å². The lowest BCUT2D eigenvalue weighted by Gasteiger charge is -2.53. The van der Waals surface area contributed by atoms with E-state index in [1.807, 2.05) is 41.3 Å². The Morgan fingerprint density at radius 1 is 0.900 bits per heavy atom. The summed E-state index contributed by atoms with van der Waals surface area (Å²) in [5.41, 5.74) is 2.56. The standard InChI is InChI=1S/C34H40F3N5O6.2ClH/c1-44-30-26(31(39-33(38-30)45-2)48-22-34(35,36)37)19-40-17-25-18-41(32(43)28-21-46-15-16-47-28)13-14-42(25)27(20-40)29(23-9-5-3-6-10-23)24-11-7-4-8-12-24;;/h3-12,25,27-29H,13-22H2,1-2H3;2*1H/t25-,27+,28?;;/m1../s1. The minimum Gasteiger partial charge on any atom is -0.481 e. The van der Waals surface area contributed by atoms with Gasteiger partial charge in [0.2, 0.25) is 11.8 Å². The summed E-state index contributed by atoms with van der Waals surface area (Å²) in [5, 5.41) is 0. The number of piperazine rings is 2. The molecule has 0 spiro atoms. The highest BCUT2D eigenvalue weighted by Gasteiger charge is 2.44. The topological polar surface area (TPSA) is 98.7 Å². The SMILES string of the molecule is COc1nc(OC)c(CN2C[C@@H]3CN(C(=O)C4COCCO4)CCN3[C@H](C(c3ccccc3)c3ccccc3)C2)c(OCC(F)(F)F)n1.Cl.Cl. The Morgan fingerprint density at radius 2 is 1.56 bits per heavy atom. The van der Waals surface area contributed by atoms with Gasteiger partial charge in [-0.2, -0.15) is 23.1 Å². The second kappa shape index (κ2) is 17.7. The number of alkyl halides is 3. The van der Waals surface area contributed by atoms with Crippen LogP contribution in [-0.2, 0) is 20.8 Å². The maximum Gasteiger partial charge on any atom is 0.422 e. The first kappa shape index (κ1) is 39.4. The van der Waals surface area contributed by atoms with E-state index in [0.717, 1.165) is 11.1 Å². The van der Waals surface area contributed by atoms with E-state index in [9.17, 15) is 18.0 Å².